The Hall–Kier alpha value is -2.25. The van der Waals surface area contributed by atoms with Gasteiger partial charge >= 0.3 is 0 Å². The number of para-hydroxylation sites is 1. The number of allylic oxidation sites excluding steroid dienone is 2. The summed E-state index contributed by atoms with van der Waals surface area (Å²) in [4.78, 5) is 20.7. The van der Waals surface area contributed by atoms with Crippen LogP contribution in [0.15, 0.2) is 60.7 Å². The van der Waals surface area contributed by atoms with Gasteiger partial charge in [-0.1, -0.05) is 48.0 Å². The molecule has 1 fully saturated rings. The Labute approximate surface area is 203 Å². The molecule has 3 aromatic rings. The normalized spacial score (nSPS) is 22.3. The average molecular weight is 482 g/mol. The van der Waals surface area contributed by atoms with Gasteiger partial charge in [0.05, 0.1) is 40.4 Å². The Morgan fingerprint density at radius 1 is 1.12 bits per heavy atom. The molecule has 33 heavy (non-hydrogen) atoms. The molecule has 7 heteroatoms. The van der Waals surface area contributed by atoms with Gasteiger partial charge in [0, 0.05) is 30.6 Å². The molecule has 1 aromatic heterocycles. The van der Waals surface area contributed by atoms with Crippen molar-refractivity contribution in [2.24, 2.45) is 5.92 Å². The predicted molar refractivity (Wildman–Crippen MR) is 134 cm³/mol. The Morgan fingerprint density at radius 2 is 1.88 bits per heavy atom. The van der Waals surface area contributed by atoms with Crippen LogP contribution in [-0.4, -0.2) is 48.6 Å². The molecular formula is C26H28ClN3O2S. The summed E-state index contributed by atoms with van der Waals surface area (Å²) < 4.78 is 6.73. The number of nitrogens with zero attached hydrogens (tertiary/aromatic N) is 2. The molecule has 5 rings (SSSR count). The van der Waals surface area contributed by atoms with Crippen LogP contribution in [0.4, 0.5) is 0 Å². The summed E-state index contributed by atoms with van der Waals surface area (Å²) in [5.74, 6) is 0.117. The minimum Gasteiger partial charge on any atom is -0.379 e. The molecule has 0 bridgehead atoms. The summed E-state index contributed by atoms with van der Waals surface area (Å²) in [6.45, 7) is 3.69. The van der Waals surface area contributed by atoms with E-state index in [1.54, 1.807) is 11.3 Å². The van der Waals surface area contributed by atoms with Gasteiger partial charge in [0.15, 0.2) is 0 Å². The number of rotatable bonds is 6. The number of carbonyl (C=O) groups is 1. The minimum absolute atomic E-state index is 0.0927. The van der Waals surface area contributed by atoms with Gasteiger partial charge in [0.25, 0.3) is 0 Å². The largest absolute Gasteiger partial charge is 0.379 e. The molecule has 1 aliphatic carbocycles. The zero-order valence-corrected chi connectivity index (χ0v) is 20.0. The van der Waals surface area contributed by atoms with Gasteiger partial charge < -0.3 is 10.1 Å². The third-order valence-corrected chi connectivity index (χ3v) is 8.03. The highest BCUT2D eigenvalue weighted by atomic mass is 35.5. The van der Waals surface area contributed by atoms with Crippen molar-refractivity contribution in [3.8, 4) is 0 Å². The molecule has 3 atom stereocenters. The van der Waals surface area contributed by atoms with Crippen LogP contribution < -0.4 is 5.32 Å². The maximum atomic E-state index is 13.4. The number of thiazole rings is 1. The van der Waals surface area contributed by atoms with Crippen LogP contribution in [0.3, 0.4) is 0 Å². The van der Waals surface area contributed by atoms with Crippen LogP contribution >= 0.6 is 22.9 Å². The summed E-state index contributed by atoms with van der Waals surface area (Å²) in [5.41, 5.74) is 2.18. The van der Waals surface area contributed by atoms with Crippen LogP contribution in [0, 0.1) is 5.92 Å². The number of fused-ring (bicyclic) bond motifs is 1. The van der Waals surface area contributed by atoms with Crippen molar-refractivity contribution in [1.29, 1.82) is 0 Å². The van der Waals surface area contributed by atoms with Crippen molar-refractivity contribution in [3.63, 3.8) is 0 Å². The molecule has 2 heterocycles. The Balaban J connectivity index is 1.32. The quantitative estimate of drug-likeness (QED) is 0.492. The minimum atomic E-state index is -0.105. The first kappa shape index (κ1) is 22.5. The molecule has 1 amide bonds. The molecule has 0 spiro atoms. The highest BCUT2D eigenvalue weighted by Gasteiger charge is 2.33. The van der Waals surface area contributed by atoms with E-state index in [0.717, 1.165) is 47.0 Å². The van der Waals surface area contributed by atoms with E-state index in [4.69, 9.17) is 21.3 Å². The first-order valence-corrected chi connectivity index (χ1v) is 12.7. The average Bonchev–Trinajstić information content (AvgIpc) is 3.30. The molecule has 0 radical (unpaired) electrons. The first-order valence-electron chi connectivity index (χ1n) is 11.5. The fourth-order valence-corrected chi connectivity index (χ4v) is 6.06. The number of benzene rings is 2. The maximum Gasteiger partial charge on any atom is 0.224 e. The second-order valence-electron chi connectivity index (χ2n) is 8.64. The van der Waals surface area contributed by atoms with Crippen molar-refractivity contribution < 1.29 is 9.53 Å². The van der Waals surface area contributed by atoms with Gasteiger partial charge in [-0.25, -0.2) is 4.98 Å². The van der Waals surface area contributed by atoms with Gasteiger partial charge in [-0.3, -0.25) is 9.69 Å². The Kier molecular flexibility index (Phi) is 7.07. The molecule has 2 aromatic carbocycles. The molecule has 3 unspecified atom stereocenters. The molecule has 2 aliphatic rings. The van der Waals surface area contributed by atoms with Gasteiger partial charge in [-0.2, -0.15) is 0 Å². The van der Waals surface area contributed by atoms with Gasteiger partial charge in [0.1, 0.15) is 0 Å². The number of aromatic nitrogens is 1. The maximum absolute atomic E-state index is 13.4. The lowest BCUT2D eigenvalue weighted by atomic mass is 9.82. The highest BCUT2D eigenvalue weighted by Crippen LogP contribution is 2.38. The van der Waals surface area contributed by atoms with E-state index in [1.165, 1.54) is 4.70 Å². The molecule has 5 nitrogen and oxygen atoms in total. The van der Waals surface area contributed by atoms with Gasteiger partial charge in [-0.05, 0) is 42.7 Å². The first-order chi connectivity index (χ1) is 16.2. The highest BCUT2D eigenvalue weighted by molar-refractivity contribution is 7.18. The lowest BCUT2D eigenvalue weighted by Gasteiger charge is -2.35. The van der Waals surface area contributed by atoms with Crippen molar-refractivity contribution in [3.05, 3.63) is 76.3 Å². The summed E-state index contributed by atoms with van der Waals surface area (Å²) >= 11 is 7.83. The van der Waals surface area contributed by atoms with E-state index in [9.17, 15) is 4.79 Å². The molecule has 1 aliphatic heterocycles. The number of halogens is 1. The van der Waals surface area contributed by atoms with Gasteiger partial charge in [-0.15, -0.1) is 11.3 Å². The standard InChI is InChI=1S/C26H28ClN3O2S/c27-19-11-9-18(10-12-19)23(30-13-15-32-16-14-30)17-28-25(31)20-5-1-2-6-21(20)26-29-22-7-3-4-8-24(22)33-26/h1-4,7-12,20-21,23H,5-6,13-17H2,(H,28,31). The third kappa shape index (κ3) is 5.14. The second kappa shape index (κ2) is 10.3. The summed E-state index contributed by atoms with van der Waals surface area (Å²) in [7, 11) is 0. The monoisotopic (exact) mass is 481 g/mol. The van der Waals surface area contributed by atoms with Gasteiger partial charge in [0.2, 0.25) is 5.91 Å². The number of hydrogen-bond donors (Lipinski definition) is 1. The van der Waals surface area contributed by atoms with E-state index >= 15 is 0 Å². The molecular weight excluding hydrogens is 454 g/mol. The molecule has 1 saturated heterocycles. The van der Waals surface area contributed by atoms with E-state index in [1.807, 2.05) is 30.3 Å². The van der Waals surface area contributed by atoms with Crippen molar-refractivity contribution >= 4 is 39.1 Å². The zero-order chi connectivity index (χ0) is 22.6. The summed E-state index contributed by atoms with van der Waals surface area (Å²) in [5, 5.41) is 5.06. The molecule has 0 saturated carbocycles. The summed E-state index contributed by atoms with van der Waals surface area (Å²) in [6, 6.07) is 16.2. The number of morpholine rings is 1. The topological polar surface area (TPSA) is 54.5 Å². The number of carbonyl (C=O) groups excluding carboxylic acids is 1. The van der Waals surface area contributed by atoms with Crippen LogP contribution in [-0.2, 0) is 9.53 Å². The number of nitrogens with one attached hydrogen (secondary N) is 1. The molecule has 1 N–H and O–H groups in total. The van der Waals surface area contributed by atoms with E-state index in [0.29, 0.717) is 19.8 Å². The van der Waals surface area contributed by atoms with Crippen LogP contribution in [0.5, 0.6) is 0 Å². The number of ether oxygens (including phenoxy) is 1. The lowest BCUT2D eigenvalue weighted by molar-refractivity contribution is -0.126. The number of amides is 1. The number of hydrogen-bond acceptors (Lipinski definition) is 5. The van der Waals surface area contributed by atoms with Crippen molar-refractivity contribution in [2.75, 3.05) is 32.8 Å². The summed E-state index contributed by atoms with van der Waals surface area (Å²) in [6.07, 6.45) is 5.91. The van der Waals surface area contributed by atoms with Crippen LogP contribution in [0.25, 0.3) is 10.2 Å². The predicted octanol–water partition coefficient (Wildman–Crippen LogP) is 5.19. The third-order valence-electron chi connectivity index (χ3n) is 6.61. The Bertz CT molecular complexity index is 1090. The second-order valence-corrected chi connectivity index (χ2v) is 10.1. The fourth-order valence-electron chi connectivity index (χ4n) is 4.79. The zero-order valence-electron chi connectivity index (χ0n) is 18.5. The fraction of sp³-hybridized carbons (Fsp3) is 0.385. The Morgan fingerprint density at radius 3 is 2.67 bits per heavy atom. The van der Waals surface area contributed by atoms with Crippen molar-refractivity contribution in [1.82, 2.24) is 15.2 Å². The lowest BCUT2D eigenvalue weighted by Crippen LogP contribution is -2.45. The smallest absolute Gasteiger partial charge is 0.224 e. The van der Waals surface area contributed by atoms with E-state index in [2.05, 4.69) is 40.6 Å². The van der Waals surface area contributed by atoms with E-state index < -0.39 is 0 Å². The van der Waals surface area contributed by atoms with Crippen molar-refractivity contribution in [2.45, 2.75) is 24.8 Å². The van der Waals surface area contributed by atoms with E-state index in [-0.39, 0.29) is 23.8 Å². The SMILES string of the molecule is O=C(NCC(c1ccc(Cl)cc1)N1CCOCC1)C1CC=CCC1c1nc2ccccc2s1. The molecule has 172 valence electrons. The van der Waals surface area contributed by atoms with Crippen LogP contribution in [0.1, 0.15) is 35.4 Å². The van der Waals surface area contributed by atoms with Crippen LogP contribution in [0.2, 0.25) is 5.02 Å².